The Balaban J connectivity index is 2.17. The maximum Gasteiger partial charge on any atom is 0.250 e. The molecule has 21 heavy (non-hydrogen) atoms. The number of hydrogen-bond acceptors (Lipinski definition) is 2. The van der Waals surface area contributed by atoms with E-state index in [1.807, 2.05) is 47.0 Å². The predicted molar refractivity (Wildman–Crippen MR) is 86.7 cm³/mol. The molecule has 4 heteroatoms. The van der Waals surface area contributed by atoms with Crippen molar-refractivity contribution < 1.29 is 4.79 Å². The lowest BCUT2D eigenvalue weighted by Gasteiger charge is -2.05. The number of aromatic nitrogens is 1. The molecule has 4 rings (SSSR count). The van der Waals surface area contributed by atoms with Crippen molar-refractivity contribution in [1.82, 2.24) is 4.40 Å². The maximum absolute atomic E-state index is 11.9. The fourth-order valence-corrected chi connectivity index (χ4v) is 3.65. The van der Waals surface area contributed by atoms with Crippen LogP contribution in [-0.4, -0.2) is 10.3 Å². The van der Waals surface area contributed by atoms with Gasteiger partial charge in [-0.25, -0.2) is 0 Å². The highest BCUT2D eigenvalue weighted by atomic mass is 32.1. The summed E-state index contributed by atoms with van der Waals surface area (Å²) in [5, 5.41) is 3.24. The van der Waals surface area contributed by atoms with Crippen LogP contribution in [0.15, 0.2) is 60.1 Å². The van der Waals surface area contributed by atoms with Gasteiger partial charge in [0, 0.05) is 6.20 Å². The van der Waals surface area contributed by atoms with Crippen LogP contribution < -0.4 is 5.73 Å². The minimum atomic E-state index is -0.401. The monoisotopic (exact) mass is 292 g/mol. The van der Waals surface area contributed by atoms with E-state index in [0.717, 1.165) is 16.8 Å². The highest BCUT2D eigenvalue weighted by molar-refractivity contribution is 7.18. The Morgan fingerprint density at radius 3 is 2.67 bits per heavy atom. The Morgan fingerprint density at radius 2 is 1.90 bits per heavy atom. The van der Waals surface area contributed by atoms with Gasteiger partial charge in [0.15, 0.2) is 0 Å². The van der Waals surface area contributed by atoms with Gasteiger partial charge in [0.25, 0.3) is 5.91 Å². The van der Waals surface area contributed by atoms with E-state index in [0.29, 0.717) is 5.56 Å². The average Bonchev–Trinajstić information content (AvgIpc) is 3.11. The van der Waals surface area contributed by atoms with Crippen LogP contribution in [0.1, 0.15) is 10.4 Å². The van der Waals surface area contributed by atoms with Gasteiger partial charge in [-0.05, 0) is 34.5 Å². The number of amides is 1. The van der Waals surface area contributed by atoms with Gasteiger partial charge in [-0.1, -0.05) is 30.3 Å². The maximum atomic E-state index is 11.9. The van der Waals surface area contributed by atoms with Gasteiger partial charge < -0.3 is 10.1 Å². The number of carbonyl (C=O) groups is 1. The van der Waals surface area contributed by atoms with Crippen molar-refractivity contribution in [3.05, 3.63) is 65.7 Å². The molecule has 0 aliphatic carbocycles. The molecular formula is C17H12N2OS. The molecule has 0 fully saturated rings. The van der Waals surface area contributed by atoms with E-state index < -0.39 is 5.91 Å². The van der Waals surface area contributed by atoms with Crippen molar-refractivity contribution in [2.24, 2.45) is 5.73 Å². The molecule has 1 amide bonds. The van der Waals surface area contributed by atoms with E-state index in [1.165, 1.54) is 10.1 Å². The van der Waals surface area contributed by atoms with E-state index in [2.05, 4.69) is 17.5 Å². The number of nitrogens with zero attached hydrogens (tertiary/aromatic N) is 1. The Kier molecular flexibility index (Phi) is 2.59. The zero-order chi connectivity index (χ0) is 14.4. The normalized spacial score (nSPS) is 11.2. The fraction of sp³-hybridized carbons (Fsp3) is 0. The topological polar surface area (TPSA) is 47.5 Å². The SMILES string of the molecule is NC(=O)c1cc2c3sccc3ccn2c1-c1ccccc1. The van der Waals surface area contributed by atoms with E-state index in [-0.39, 0.29) is 0 Å². The Morgan fingerprint density at radius 1 is 1.10 bits per heavy atom. The van der Waals surface area contributed by atoms with Crippen LogP contribution in [0.5, 0.6) is 0 Å². The highest BCUT2D eigenvalue weighted by Gasteiger charge is 2.17. The third kappa shape index (κ3) is 1.76. The van der Waals surface area contributed by atoms with Crippen LogP contribution in [0.4, 0.5) is 0 Å². The average molecular weight is 292 g/mol. The first-order chi connectivity index (χ1) is 10.3. The summed E-state index contributed by atoms with van der Waals surface area (Å²) < 4.78 is 3.22. The van der Waals surface area contributed by atoms with Gasteiger partial charge in [0.2, 0.25) is 0 Å². The first-order valence-corrected chi connectivity index (χ1v) is 7.50. The Bertz CT molecular complexity index is 966. The third-order valence-electron chi connectivity index (χ3n) is 3.68. The number of fused-ring (bicyclic) bond motifs is 3. The second-order valence-corrected chi connectivity index (χ2v) is 5.83. The molecule has 0 radical (unpaired) electrons. The van der Waals surface area contributed by atoms with Crippen molar-refractivity contribution in [3.63, 3.8) is 0 Å². The molecule has 3 aromatic heterocycles. The largest absolute Gasteiger partial charge is 0.366 e. The molecule has 3 heterocycles. The third-order valence-corrected chi connectivity index (χ3v) is 4.63. The van der Waals surface area contributed by atoms with Crippen LogP contribution in [0.2, 0.25) is 0 Å². The molecule has 0 atom stereocenters. The molecule has 102 valence electrons. The minimum Gasteiger partial charge on any atom is -0.366 e. The number of benzene rings is 1. The summed E-state index contributed by atoms with van der Waals surface area (Å²) in [5.41, 5.74) is 9.01. The molecule has 0 saturated heterocycles. The first kappa shape index (κ1) is 12.2. The number of primary amides is 1. The predicted octanol–water partition coefficient (Wildman–Crippen LogP) is 3.92. The number of thiophene rings is 1. The number of rotatable bonds is 2. The van der Waals surface area contributed by atoms with Gasteiger partial charge in [0.05, 0.1) is 21.5 Å². The van der Waals surface area contributed by atoms with Gasteiger partial charge in [-0.3, -0.25) is 4.79 Å². The lowest BCUT2D eigenvalue weighted by molar-refractivity contribution is 0.100. The van der Waals surface area contributed by atoms with Crippen LogP contribution in [-0.2, 0) is 0 Å². The summed E-state index contributed by atoms with van der Waals surface area (Å²) in [5.74, 6) is -0.401. The number of hydrogen-bond donors (Lipinski definition) is 1. The standard InChI is InChI=1S/C17H12N2OS/c18-17(20)13-10-14-16-12(7-9-21-16)6-8-19(14)15(13)11-4-2-1-3-5-11/h1-10H,(H2,18,20). The molecule has 1 aromatic carbocycles. The fourth-order valence-electron chi connectivity index (χ4n) is 2.75. The summed E-state index contributed by atoms with van der Waals surface area (Å²) >= 11 is 1.67. The zero-order valence-corrected chi connectivity index (χ0v) is 11.9. The number of nitrogens with two attached hydrogens (primary N) is 1. The molecule has 2 N–H and O–H groups in total. The first-order valence-electron chi connectivity index (χ1n) is 6.62. The van der Waals surface area contributed by atoms with E-state index in [1.54, 1.807) is 11.3 Å². The van der Waals surface area contributed by atoms with Gasteiger partial charge in [0.1, 0.15) is 0 Å². The molecule has 0 saturated carbocycles. The number of carbonyl (C=O) groups excluding carboxylic acids is 1. The Labute approximate surface area is 125 Å². The van der Waals surface area contributed by atoms with Crippen molar-refractivity contribution in [2.45, 2.75) is 0 Å². The lowest BCUT2D eigenvalue weighted by atomic mass is 10.1. The van der Waals surface area contributed by atoms with Crippen molar-refractivity contribution >= 4 is 32.8 Å². The molecule has 0 spiro atoms. The van der Waals surface area contributed by atoms with E-state index >= 15 is 0 Å². The second-order valence-electron chi connectivity index (χ2n) is 4.91. The van der Waals surface area contributed by atoms with Crippen LogP contribution in [0.3, 0.4) is 0 Å². The van der Waals surface area contributed by atoms with Gasteiger partial charge in [-0.2, -0.15) is 0 Å². The quantitative estimate of drug-likeness (QED) is 0.598. The molecular weight excluding hydrogens is 280 g/mol. The highest BCUT2D eigenvalue weighted by Crippen LogP contribution is 2.33. The Hall–Kier alpha value is -2.59. The summed E-state index contributed by atoms with van der Waals surface area (Å²) in [6.45, 7) is 0. The van der Waals surface area contributed by atoms with Crippen molar-refractivity contribution in [3.8, 4) is 11.3 Å². The van der Waals surface area contributed by atoms with Crippen molar-refractivity contribution in [1.29, 1.82) is 0 Å². The lowest BCUT2D eigenvalue weighted by Crippen LogP contribution is -2.11. The minimum absolute atomic E-state index is 0.401. The van der Waals surface area contributed by atoms with Gasteiger partial charge >= 0.3 is 0 Å². The van der Waals surface area contributed by atoms with E-state index in [9.17, 15) is 4.79 Å². The molecule has 0 aliphatic rings. The van der Waals surface area contributed by atoms with E-state index in [4.69, 9.17) is 5.73 Å². The molecule has 3 nitrogen and oxygen atoms in total. The number of pyridine rings is 1. The molecule has 0 aliphatic heterocycles. The van der Waals surface area contributed by atoms with Crippen LogP contribution in [0.25, 0.3) is 26.9 Å². The summed E-state index contributed by atoms with van der Waals surface area (Å²) in [6, 6.07) is 15.9. The van der Waals surface area contributed by atoms with Gasteiger partial charge in [-0.15, -0.1) is 11.3 Å². The van der Waals surface area contributed by atoms with Crippen molar-refractivity contribution in [2.75, 3.05) is 0 Å². The zero-order valence-electron chi connectivity index (χ0n) is 11.1. The summed E-state index contributed by atoms with van der Waals surface area (Å²) in [7, 11) is 0. The summed E-state index contributed by atoms with van der Waals surface area (Å²) in [4.78, 5) is 11.9. The van der Waals surface area contributed by atoms with Crippen LogP contribution >= 0.6 is 11.3 Å². The molecule has 4 aromatic rings. The smallest absolute Gasteiger partial charge is 0.250 e. The summed E-state index contributed by atoms with van der Waals surface area (Å²) in [6.07, 6.45) is 2.00. The van der Waals surface area contributed by atoms with Crippen LogP contribution in [0, 0.1) is 0 Å². The molecule has 0 bridgehead atoms. The second kappa shape index (κ2) is 4.46. The molecule has 0 unspecified atom stereocenters.